The van der Waals surface area contributed by atoms with Crippen LogP contribution >= 0.6 is 0 Å². The summed E-state index contributed by atoms with van der Waals surface area (Å²) in [7, 11) is 0. The summed E-state index contributed by atoms with van der Waals surface area (Å²) in [5, 5.41) is 17.5. The molecule has 5 rings (SSSR count). The Hall–Kier alpha value is -3.16. The molecule has 4 heterocycles. The molecule has 0 saturated carbocycles. The summed E-state index contributed by atoms with van der Waals surface area (Å²) in [5.41, 5.74) is 3.97. The largest absolute Gasteiger partial charge is 0.465 e. The van der Waals surface area contributed by atoms with E-state index in [0.717, 1.165) is 42.0 Å². The van der Waals surface area contributed by atoms with Crippen LogP contribution in [0.15, 0.2) is 30.6 Å². The minimum Gasteiger partial charge on any atom is -0.465 e. The molecule has 8 nitrogen and oxygen atoms in total. The molecule has 1 saturated heterocycles. The van der Waals surface area contributed by atoms with Crippen molar-refractivity contribution < 1.29 is 9.90 Å². The molecule has 8 heteroatoms. The number of fused-ring (bicyclic) bond motifs is 3. The van der Waals surface area contributed by atoms with Crippen LogP contribution in [-0.4, -0.2) is 55.9 Å². The van der Waals surface area contributed by atoms with Crippen molar-refractivity contribution in [3.8, 4) is 0 Å². The summed E-state index contributed by atoms with van der Waals surface area (Å²) in [6.45, 7) is 3.88. The Bertz CT molecular complexity index is 1040. The Morgan fingerprint density at radius 3 is 2.78 bits per heavy atom. The molecule has 27 heavy (non-hydrogen) atoms. The van der Waals surface area contributed by atoms with E-state index >= 15 is 0 Å². The van der Waals surface area contributed by atoms with E-state index in [9.17, 15) is 9.90 Å². The maximum absolute atomic E-state index is 11.3. The molecule has 0 aliphatic carbocycles. The molecule has 2 aliphatic rings. The van der Waals surface area contributed by atoms with Gasteiger partial charge < -0.3 is 14.9 Å². The van der Waals surface area contributed by atoms with E-state index in [-0.39, 0.29) is 5.41 Å². The second kappa shape index (κ2) is 5.67. The minimum atomic E-state index is -0.834. The zero-order valence-electron chi connectivity index (χ0n) is 15.0. The van der Waals surface area contributed by atoms with Crippen molar-refractivity contribution in [3.05, 3.63) is 41.9 Å². The van der Waals surface area contributed by atoms with E-state index in [2.05, 4.69) is 43.3 Å². The van der Waals surface area contributed by atoms with Crippen LogP contribution in [0.25, 0.3) is 11.0 Å². The number of nitrogens with zero attached hydrogens (tertiary/aromatic N) is 5. The number of H-pyrrole nitrogens is 1. The number of hydrogen-bond donors (Lipinski definition) is 2. The number of carboxylic acid groups (broad SMARTS) is 1. The fraction of sp³-hybridized carbons (Fsp3) is 0.368. The SMILES string of the molecule is Cc1[nH]nc2ncnc(N3CC4(CCN(C(=O)O)CC4)c4ccccc43)c12. The first kappa shape index (κ1) is 16.0. The van der Waals surface area contributed by atoms with Crippen LogP contribution in [-0.2, 0) is 5.41 Å². The standard InChI is InChI=1S/C19H20N6O2/c1-12-15-16(23-22-12)20-11-21-17(15)25-10-19(13-4-2-3-5-14(13)25)6-8-24(9-7-19)18(26)27/h2-5,11H,6-10H2,1H3,(H,26,27)(H,20,21,22,23). The lowest BCUT2D eigenvalue weighted by Crippen LogP contribution is -2.46. The highest BCUT2D eigenvalue weighted by Crippen LogP contribution is 2.50. The number of rotatable bonds is 1. The Kier molecular flexibility index (Phi) is 3.37. The van der Waals surface area contributed by atoms with Gasteiger partial charge in [0.2, 0.25) is 0 Å². The molecule has 1 aromatic carbocycles. The van der Waals surface area contributed by atoms with Gasteiger partial charge in [0.15, 0.2) is 5.65 Å². The van der Waals surface area contributed by atoms with E-state index < -0.39 is 6.09 Å². The molecule has 0 atom stereocenters. The van der Waals surface area contributed by atoms with E-state index in [1.54, 1.807) is 6.33 Å². The molecule has 2 aromatic heterocycles. The van der Waals surface area contributed by atoms with Crippen molar-refractivity contribution in [2.24, 2.45) is 0 Å². The first-order valence-corrected chi connectivity index (χ1v) is 9.10. The number of likely N-dealkylation sites (tertiary alicyclic amines) is 1. The van der Waals surface area contributed by atoms with Crippen LogP contribution in [0.4, 0.5) is 16.3 Å². The van der Waals surface area contributed by atoms with Gasteiger partial charge in [-0.15, -0.1) is 0 Å². The average molecular weight is 364 g/mol. The lowest BCUT2D eigenvalue weighted by molar-refractivity contribution is 0.119. The molecule has 1 fully saturated rings. The molecule has 1 spiro atoms. The second-order valence-electron chi connectivity index (χ2n) is 7.40. The summed E-state index contributed by atoms with van der Waals surface area (Å²) in [6.07, 6.45) is 2.34. The molecule has 1 amide bonds. The van der Waals surface area contributed by atoms with Gasteiger partial charge in [0.1, 0.15) is 12.1 Å². The van der Waals surface area contributed by atoms with Gasteiger partial charge in [0.25, 0.3) is 0 Å². The topological polar surface area (TPSA) is 98.2 Å². The predicted molar refractivity (Wildman–Crippen MR) is 100 cm³/mol. The first-order valence-electron chi connectivity index (χ1n) is 9.10. The zero-order chi connectivity index (χ0) is 18.6. The van der Waals surface area contributed by atoms with Gasteiger partial charge in [-0.3, -0.25) is 5.10 Å². The van der Waals surface area contributed by atoms with Crippen molar-refractivity contribution in [1.29, 1.82) is 0 Å². The molecule has 0 radical (unpaired) electrons. The number of anilines is 2. The van der Waals surface area contributed by atoms with E-state index in [4.69, 9.17) is 0 Å². The van der Waals surface area contributed by atoms with Crippen LogP contribution in [0, 0.1) is 6.92 Å². The van der Waals surface area contributed by atoms with Crippen LogP contribution < -0.4 is 4.90 Å². The third-order valence-electron chi connectivity index (χ3n) is 5.99. The Labute approximate surface area is 155 Å². The number of amides is 1. The van der Waals surface area contributed by atoms with Gasteiger partial charge >= 0.3 is 6.09 Å². The van der Waals surface area contributed by atoms with Gasteiger partial charge in [-0.1, -0.05) is 18.2 Å². The molecule has 138 valence electrons. The second-order valence-corrected chi connectivity index (χ2v) is 7.40. The van der Waals surface area contributed by atoms with Crippen molar-refractivity contribution >= 4 is 28.6 Å². The Morgan fingerprint density at radius 1 is 1.22 bits per heavy atom. The summed E-state index contributed by atoms with van der Waals surface area (Å²) >= 11 is 0. The number of hydrogen-bond acceptors (Lipinski definition) is 5. The minimum absolute atomic E-state index is 0.0581. The van der Waals surface area contributed by atoms with Gasteiger partial charge in [-0.2, -0.15) is 5.10 Å². The number of para-hydroxylation sites is 1. The van der Waals surface area contributed by atoms with Crippen molar-refractivity contribution in [2.75, 3.05) is 24.5 Å². The summed E-state index contributed by atoms with van der Waals surface area (Å²) in [4.78, 5) is 24.0. The molecule has 0 unspecified atom stereocenters. The number of aromatic amines is 1. The van der Waals surface area contributed by atoms with Gasteiger partial charge in [0, 0.05) is 36.4 Å². The van der Waals surface area contributed by atoms with E-state index in [1.165, 1.54) is 10.5 Å². The highest BCUT2D eigenvalue weighted by Gasteiger charge is 2.46. The molecule has 2 N–H and O–H groups in total. The van der Waals surface area contributed by atoms with Crippen molar-refractivity contribution in [3.63, 3.8) is 0 Å². The third-order valence-corrected chi connectivity index (χ3v) is 5.99. The van der Waals surface area contributed by atoms with Crippen LogP contribution in [0.3, 0.4) is 0 Å². The van der Waals surface area contributed by atoms with Crippen molar-refractivity contribution in [1.82, 2.24) is 25.1 Å². The lowest BCUT2D eigenvalue weighted by atomic mass is 9.74. The Balaban J connectivity index is 1.60. The lowest BCUT2D eigenvalue weighted by Gasteiger charge is -2.38. The Morgan fingerprint density at radius 2 is 2.00 bits per heavy atom. The van der Waals surface area contributed by atoms with Crippen molar-refractivity contribution in [2.45, 2.75) is 25.2 Å². The molecule has 3 aromatic rings. The number of aryl methyl sites for hydroxylation is 1. The molecular weight excluding hydrogens is 344 g/mol. The third kappa shape index (κ3) is 2.29. The van der Waals surface area contributed by atoms with Crippen LogP contribution in [0.5, 0.6) is 0 Å². The van der Waals surface area contributed by atoms with Crippen LogP contribution in [0.2, 0.25) is 0 Å². The summed E-state index contributed by atoms with van der Waals surface area (Å²) in [6, 6.07) is 8.40. The fourth-order valence-corrected chi connectivity index (χ4v) is 4.56. The predicted octanol–water partition coefficient (Wildman–Crippen LogP) is 2.82. The maximum atomic E-state index is 11.3. The highest BCUT2D eigenvalue weighted by molar-refractivity contribution is 5.92. The van der Waals surface area contributed by atoms with Gasteiger partial charge in [0.05, 0.1) is 5.39 Å². The average Bonchev–Trinajstić information content (AvgIpc) is 3.22. The molecule has 2 aliphatic heterocycles. The first-order chi connectivity index (χ1) is 13.1. The summed E-state index contributed by atoms with van der Waals surface area (Å²) in [5.74, 6) is 0.858. The molecule has 0 bridgehead atoms. The van der Waals surface area contributed by atoms with E-state index in [0.29, 0.717) is 18.7 Å². The smallest absolute Gasteiger partial charge is 0.407 e. The number of aromatic nitrogens is 4. The monoisotopic (exact) mass is 364 g/mol. The number of benzene rings is 1. The number of piperidine rings is 1. The van der Waals surface area contributed by atoms with E-state index in [1.807, 2.05) is 13.0 Å². The summed E-state index contributed by atoms with van der Waals surface area (Å²) < 4.78 is 0. The number of nitrogens with one attached hydrogen (secondary N) is 1. The zero-order valence-corrected chi connectivity index (χ0v) is 15.0. The number of carbonyl (C=O) groups is 1. The highest BCUT2D eigenvalue weighted by atomic mass is 16.4. The van der Waals surface area contributed by atoms with Gasteiger partial charge in [-0.25, -0.2) is 14.8 Å². The molecular formula is C19H20N6O2. The van der Waals surface area contributed by atoms with Crippen LogP contribution in [0.1, 0.15) is 24.1 Å². The van der Waals surface area contributed by atoms with Gasteiger partial charge in [-0.05, 0) is 31.4 Å². The quantitative estimate of drug-likeness (QED) is 0.689. The fourth-order valence-electron chi connectivity index (χ4n) is 4.56. The maximum Gasteiger partial charge on any atom is 0.407 e. The normalized spacial score (nSPS) is 18.3.